The van der Waals surface area contributed by atoms with Gasteiger partial charge in [0, 0.05) is 64.8 Å². The number of aliphatic hydroxyl groups is 1. The third-order valence-corrected chi connectivity index (χ3v) is 7.51. The minimum atomic E-state index is -1.35. The van der Waals surface area contributed by atoms with Crippen molar-refractivity contribution in [3.63, 3.8) is 0 Å². The van der Waals surface area contributed by atoms with Crippen LogP contribution in [0.5, 0.6) is 5.75 Å². The fourth-order valence-electron chi connectivity index (χ4n) is 5.24. The van der Waals surface area contributed by atoms with Gasteiger partial charge in [-0.1, -0.05) is 6.07 Å². The summed E-state index contributed by atoms with van der Waals surface area (Å²) >= 11 is 0. The van der Waals surface area contributed by atoms with Crippen LogP contribution >= 0.6 is 0 Å². The number of nitrogens with zero attached hydrogens (tertiary/aromatic N) is 2. The summed E-state index contributed by atoms with van der Waals surface area (Å²) in [6, 6.07) is 9.44. The lowest BCUT2D eigenvalue weighted by Gasteiger charge is -2.42. The molecule has 2 unspecified atom stereocenters. The number of pyridine rings is 1. The van der Waals surface area contributed by atoms with E-state index in [0.717, 1.165) is 42.6 Å². The summed E-state index contributed by atoms with van der Waals surface area (Å²) in [5, 5.41) is 15.2. The summed E-state index contributed by atoms with van der Waals surface area (Å²) in [5.74, 6) is 0.0376. The molecule has 1 aromatic carbocycles. The van der Waals surface area contributed by atoms with E-state index in [2.05, 4.69) is 11.4 Å². The number of ether oxygens (including phenoxy) is 3. The van der Waals surface area contributed by atoms with Crippen molar-refractivity contribution in [2.24, 2.45) is 13.0 Å². The normalized spacial score (nSPS) is 21.3. The molecule has 1 amide bonds. The molecule has 9 nitrogen and oxygen atoms in total. The van der Waals surface area contributed by atoms with Crippen LogP contribution in [0.25, 0.3) is 0 Å². The third kappa shape index (κ3) is 6.83. The maximum atomic E-state index is 14.1. The van der Waals surface area contributed by atoms with Crippen LogP contribution in [0.1, 0.15) is 42.4 Å². The molecule has 9 heteroatoms. The maximum Gasteiger partial charge on any atom is 0.250 e. The Morgan fingerprint density at radius 2 is 1.89 bits per heavy atom. The molecule has 38 heavy (non-hydrogen) atoms. The molecule has 208 valence electrons. The second-order valence-corrected chi connectivity index (χ2v) is 10.4. The number of hydrogen-bond donors (Lipinski definition) is 2. The van der Waals surface area contributed by atoms with E-state index in [9.17, 15) is 14.7 Å². The molecule has 1 saturated heterocycles. The first-order valence-corrected chi connectivity index (χ1v) is 13.5. The summed E-state index contributed by atoms with van der Waals surface area (Å²) in [6.07, 6.45) is 5.70. The molecule has 2 fully saturated rings. The molecule has 4 rings (SSSR count). The Hall–Kier alpha value is -2.72. The Balaban J connectivity index is 1.59. The van der Waals surface area contributed by atoms with Crippen LogP contribution in [0.15, 0.2) is 41.3 Å². The molecule has 2 atom stereocenters. The predicted molar refractivity (Wildman–Crippen MR) is 144 cm³/mol. The van der Waals surface area contributed by atoms with Crippen molar-refractivity contribution in [1.29, 1.82) is 0 Å². The lowest BCUT2D eigenvalue weighted by atomic mass is 9.76. The quantitative estimate of drug-likeness (QED) is 0.384. The fraction of sp³-hybridized carbons (Fsp3) is 0.586. The largest absolute Gasteiger partial charge is 0.491 e. The number of methoxy groups -OCH3 is 2. The smallest absolute Gasteiger partial charge is 0.250 e. The number of piperidine rings is 1. The molecule has 0 bridgehead atoms. The second kappa shape index (κ2) is 12.9. The summed E-state index contributed by atoms with van der Waals surface area (Å²) in [5.41, 5.74) is 1.24. The monoisotopic (exact) mass is 527 g/mol. The average Bonchev–Trinajstić information content (AvgIpc) is 3.74. The topological polar surface area (TPSA) is 102 Å². The third-order valence-electron chi connectivity index (χ3n) is 7.51. The van der Waals surface area contributed by atoms with Crippen LogP contribution in [0.2, 0.25) is 0 Å². The Labute approximate surface area is 224 Å². The Bertz CT molecular complexity index is 1120. The average molecular weight is 528 g/mol. The van der Waals surface area contributed by atoms with Gasteiger partial charge in [0.2, 0.25) is 11.5 Å². The minimum Gasteiger partial charge on any atom is -0.491 e. The van der Waals surface area contributed by atoms with Gasteiger partial charge in [0.25, 0.3) is 0 Å². The van der Waals surface area contributed by atoms with Gasteiger partial charge in [-0.3, -0.25) is 9.59 Å². The summed E-state index contributed by atoms with van der Waals surface area (Å²) in [7, 11) is 5.01. The maximum absolute atomic E-state index is 14.1. The molecular weight excluding hydrogens is 486 g/mol. The van der Waals surface area contributed by atoms with Crippen LogP contribution in [0, 0.1) is 5.92 Å². The number of nitrogens with one attached hydrogen (secondary N) is 1. The lowest BCUT2D eigenvalue weighted by Crippen LogP contribution is -2.55. The molecule has 1 aromatic heterocycles. The Kier molecular flexibility index (Phi) is 9.59. The number of carbonyl (C=O) groups excluding carboxylic acids is 1. The standard InChI is InChI=1S/C29H41N3O6/c1-31-20-23(6-9-27(31)33)29(35)10-11-30-18-26(29)28(34)32(24-7-8-24)19-22-15-21(5-4-12-36-2)16-25(17-22)38-14-13-37-3/h6,9,15-17,20,24,26,30,35H,4-5,7-8,10-14,18-19H2,1-3H3. The van der Waals surface area contributed by atoms with Gasteiger partial charge in [0.05, 0.1) is 12.5 Å². The molecule has 1 aliphatic heterocycles. The van der Waals surface area contributed by atoms with E-state index in [1.807, 2.05) is 17.0 Å². The van der Waals surface area contributed by atoms with E-state index in [0.29, 0.717) is 51.4 Å². The van der Waals surface area contributed by atoms with E-state index < -0.39 is 11.5 Å². The van der Waals surface area contributed by atoms with Gasteiger partial charge in [-0.25, -0.2) is 0 Å². The van der Waals surface area contributed by atoms with Crippen molar-refractivity contribution in [2.45, 2.75) is 50.3 Å². The van der Waals surface area contributed by atoms with E-state index in [1.165, 1.54) is 10.6 Å². The van der Waals surface area contributed by atoms with Gasteiger partial charge in [0.15, 0.2) is 0 Å². The molecular formula is C29H41N3O6. The van der Waals surface area contributed by atoms with Crippen molar-refractivity contribution in [2.75, 3.05) is 47.1 Å². The molecule has 2 heterocycles. The highest BCUT2D eigenvalue weighted by molar-refractivity contribution is 5.81. The van der Waals surface area contributed by atoms with Crippen LogP contribution in [-0.4, -0.2) is 73.7 Å². The van der Waals surface area contributed by atoms with Gasteiger partial charge in [0.1, 0.15) is 18.0 Å². The number of benzene rings is 1. The first kappa shape index (κ1) is 28.3. The summed E-state index contributed by atoms with van der Waals surface area (Å²) in [4.78, 5) is 28.0. The SMILES string of the molecule is COCCCc1cc(CN(C(=O)C2CNCCC2(O)c2ccc(=O)n(C)c2)C2CC2)cc(OCCOC)c1. The molecule has 1 aliphatic carbocycles. The highest BCUT2D eigenvalue weighted by Gasteiger charge is 2.48. The molecule has 2 aliphatic rings. The predicted octanol–water partition coefficient (Wildman–Crippen LogP) is 1.98. The van der Waals surface area contributed by atoms with Crippen molar-refractivity contribution >= 4 is 5.91 Å². The van der Waals surface area contributed by atoms with Crippen LogP contribution < -0.4 is 15.6 Å². The van der Waals surface area contributed by atoms with Crippen LogP contribution in [0.4, 0.5) is 0 Å². The van der Waals surface area contributed by atoms with Gasteiger partial charge in [-0.15, -0.1) is 0 Å². The van der Waals surface area contributed by atoms with Crippen molar-refractivity contribution in [3.8, 4) is 5.75 Å². The van der Waals surface area contributed by atoms with Gasteiger partial charge in [-0.2, -0.15) is 0 Å². The minimum absolute atomic E-state index is 0.0670. The van der Waals surface area contributed by atoms with Crippen molar-refractivity contribution in [1.82, 2.24) is 14.8 Å². The van der Waals surface area contributed by atoms with Crippen LogP contribution in [0.3, 0.4) is 0 Å². The zero-order chi connectivity index (χ0) is 27.1. The number of rotatable bonds is 13. The number of aromatic nitrogens is 1. The summed E-state index contributed by atoms with van der Waals surface area (Å²) in [6.45, 7) is 3.04. The Morgan fingerprint density at radius 3 is 2.61 bits per heavy atom. The van der Waals surface area contributed by atoms with Crippen molar-refractivity contribution < 1.29 is 24.1 Å². The zero-order valence-electron chi connectivity index (χ0n) is 22.8. The molecule has 1 saturated carbocycles. The first-order valence-electron chi connectivity index (χ1n) is 13.5. The van der Waals surface area contributed by atoms with E-state index in [-0.39, 0.29) is 17.5 Å². The zero-order valence-corrected chi connectivity index (χ0v) is 22.8. The van der Waals surface area contributed by atoms with Gasteiger partial charge >= 0.3 is 0 Å². The van der Waals surface area contributed by atoms with E-state index in [4.69, 9.17) is 14.2 Å². The van der Waals surface area contributed by atoms with E-state index >= 15 is 0 Å². The highest BCUT2D eigenvalue weighted by atomic mass is 16.5. The molecule has 0 spiro atoms. The Morgan fingerprint density at radius 1 is 1.13 bits per heavy atom. The molecule has 2 N–H and O–H groups in total. The first-order chi connectivity index (χ1) is 18.4. The van der Waals surface area contributed by atoms with Crippen LogP contribution in [-0.2, 0) is 39.9 Å². The lowest BCUT2D eigenvalue weighted by molar-refractivity contribution is -0.150. The second-order valence-electron chi connectivity index (χ2n) is 10.4. The molecule has 2 aromatic rings. The fourth-order valence-corrected chi connectivity index (χ4v) is 5.24. The number of amides is 1. The number of aryl methyl sites for hydroxylation is 2. The van der Waals surface area contributed by atoms with E-state index in [1.54, 1.807) is 33.5 Å². The van der Waals surface area contributed by atoms with Gasteiger partial charge < -0.3 is 34.1 Å². The number of carbonyl (C=O) groups is 1. The molecule has 0 radical (unpaired) electrons. The number of hydrogen-bond acceptors (Lipinski definition) is 7. The van der Waals surface area contributed by atoms with Gasteiger partial charge in [-0.05, 0) is 68.0 Å². The van der Waals surface area contributed by atoms with Crippen molar-refractivity contribution in [3.05, 3.63) is 63.6 Å². The summed E-state index contributed by atoms with van der Waals surface area (Å²) < 4.78 is 17.8. The highest BCUT2D eigenvalue weighted by Crippen LogP contribution is 2.39.